The molecule has 2 N–H and O–H groups in total. The maximum Gasteiger partial charge on any atom is 0.262 e. The third-order valence-electron chi connectivity index (χ3n) is 5.45. The molecule has 0 radical (unpaired) electrons. The minimum absolute atomic E-state index is 0.0766. The van der Waals surface area contributed by atoms with Crippen LogP contribution in [0, 0.1) is 20.8 Å². The van der Waals surface area contributed by atoms with Crippen LogP contribution in [0.15, 0.2) is 53.7 Å². The van der Waals surface area contributed by atoms with Gasteiger partial charge in [-0.3, -0.25) is 9.52 Å². The number of anilines is 2. The van der Waals surface area contributed by atoms with E-state index in [1.807, 2.05) is 13.8 Å². The Kier molecular flexibility index (Phi) is 6.54. The number of amides is 1. The van der Waals surface area contributed by atoms with Gasteiger partial charge in [0.25, 0.3) is 15.8 Å². The number of benzene rings is 2. The Morgan fingerprint density at radius 2 is 1.76 bits per heavy atom. The molecule has 9 nitrogen and oxygen atoms in total. The molecule has 0 aliphatic heterocycles. The van der Waals surface area contributed by atoms with E-state index in [1.54, 1.807) is 47.8 Å². The van der Waals surface area contributed by atoms with Crippen molar-refractivity contribution in [3.63, 3.8) is 0 Å². The number of rotatable bonds is 7. The van der Waals surface area contributed by atoms with Crippen molar-refractivity contribution in [1.82, 2.24) is 19.6 Å². The second-order valence-corrected chi connectivity index (χ2v) is 9.96. The van der Waals surface area contributed by atoms with Crippen LogP contribution in [0.3, 0.4) is 0 Å². The van der Waals surface area contributed by atoms with Gasteiger partial charge in [-0.15, -0.1) is 0 Å². The number of hydrogen-bond donors (Lipinski definition) is 2. The molecule has 0 atom stereocenters. The number of carbonyl (C=O) groups is 1. The molecular weight excluding hydrogens is 476 g/mol. The molecule has 0 aliphatic carbocycles. The van der Waals surface area contributed by atoms with Crippen molar-refractivity contribution < 1.29 is 13.2 Å². The van der Waals surface area contributed by atoms with E-state index in [0.29, 0.717) is 34.2 Å². The molecule has 11 heteroatoms. The molecule has 0 spiro atoms. The van der Waals surface area contributed by atoms with Crippen molar-refractivity contribution in [2.75, 3.05) is 10.0 Å². The molecule has 0 unspecified atom stereocenters. The summed E-state index contributed by atoms with van der Waals surface area (Å²) in [5, 5.41) is 7.46. The van der Waals surface area contributed by atoms with E-state index < -0.39 is 10.0 Å². The lowest BCUT2D eigenvalue weighted by Crippen LogP contribution is -2.17. The van der Waals surface area contributed by atoms with E-state index in [2.05, 4.69) is 25.1 Å². The molecule has 4 aromatic rings. The summed E-state index contributed by atoms with van der Waals surface area (Å²) in [6.45, 7) is 5.48. The predicted octanol–water partition coefficient (Wildman–Crippen LogP) is 4.08. The summed E-state index contributed by atoms with van der Waals surface area (Å²) in [6.07, 6.45) is 2.10. The lowest BCUT2D eigenvalue weighted by molar-refractivity contribution is -0.116. The van der Waals surface area contributed by atoms with Crippen LogP contribution in [-0.2, 0) is 21.2 Å². The monoisotopic (exact) mass is 498 g/mol. The summed E-state index contributed by atoms with van der Waals surface area (Å²) in [5.74, 6) is 0.277. The number of nitrogens with zero attached hydrogens (tertiary/aromatic N) is 4. The summed E-state index contributed by atoms with van der Waals surface area (Å²) in [5.41, 5.74) is 3.94. The smallest absolute Gasteiger partial charge is 0.262 e. The summed E-state index contributed by atoms with van der Waals surface area (Å²) in [4.78, 5) is 21.2. The lowest BCUT2D eigenvalue weighted by atomic mass is 10.1. The van der Waals surface area contributed by atoms with Crippen LogP contribution in [0.1, 0.15) is 28.9 Å². The number of sulfonamides is 1. The third kappa shape index (κ3) is 5.02. The number of fused-ring (bicyclic) bond motifs is 1. The van der Waals surface area contributed by atoms with Gasteiger partial charge >= 0.3 is 0 Å². The molecule has 2 heterocycles. The number of aryl methyl sites for hydroxylation is 3. The zero-order chi connectivity index (χ0) is 24.5. The van der Waals surface area contributed by atoms with Gasteiger partial charge in [-0.05, 0) is 74.7 Å². The zero-order valence-corrected chi connectivity index (χ0v) is 20.4. The molecule has 2 aromatic heterocycles. The topological polar surface area (TPSA) is 118 Å². The second kappa shape index (κ2) is 9.40. The summed E-state index contributed by atoms with van der Waals surface area (Å²) in [7, 11) is -3.87. The van der Waals surface area contributed by atoms with E-state index in [1.165, 1.54) is 12.4 Å². The highest BCUT2D eigenvalue weighted by molar-refractivity contribution is 7.92. The Morgan fingerprint density at radius 3 is 2.50 bits per heavy atom. The molecular formula is C23H23ClN6O3S. The van der Waals surface area contributed by atoms with Crippen molar-refractivity contribution in [3.05, 3.63) is 76.3 Å². The van der Waals surface area contributed by atoms with Gasteiger partial charge < -0.3 is 5.32 Å². The van der Waals surface area contributed by atoms with Gasteiger partial charge in [0.05, 0.1) is 4.90 Å². The van der Waals surface area contributed by atoms with E-state index >= 15 is 0 Å². The van der Waals surface area contributed by atoms with Crippen molar-refractivity contribution in [2.24, 2.45) is 0 Å². The minimum atomic E-state index is -3.87. The van der Waals surface area contributed by atoms with Gasteiger partial charge in [0.2, 0.25) is 5.91 Å². The fourth-order valence-electron chi connectivity index (χ4n) is 3.67. The van der Waals surface area contributed by atoms with Gasteiger partial charge in [-0.2, -0.15) is 10.1 Å². The molecule has 0 saturated heterocycles. The number of halogens is 1. The SMILES string of the molecule is Cc1ccc(NC(=O)CCc2c(C)nc3ncnn3c2C)cc1S(=O)(=O)Nc1ccc(Cl)cc1. The first-order valence-electron chi connectivity index (χ1n) is 10.5. The van der Waals surface area contributed by atoms with E-state index in [4.69, 9.17) is 11.6 Å². The van der Waals surface area contributed by atoms with Gasteiger partial charge in [0.15, 0.2) is 0 Å². The van der Waals surface area contributed by atoms with Crippen molar-refractivity contribution in [3.8, 4) is 0 Å². The average molecular weight is 499 g/mol. The van der Waals surface area contributed by atoms with Crippen LogP contribution in [-0.4, -0.2) is 33.9 Å². The molecule has 0 bridgehead atoms. The highest BCUT2D eigenvalue weighted by Crippen LogP contribution is 2.24. The van der Waals surface area contributed by atoms with Gasteiger partial charge in [-0.25, -0.2) is 17.9 Å². The third-order valence-corrected chi connectivity index (χ3v) is 7.22. The van der Waals surface area contributed by atoms with Gasteiger partial charge in [0, 0.05) is 34.2 Å². The zero-order valence-electron chi connectivity index (χ0n) is 18.8. The Hall–Kier alpha value is -3.50. The summed E-state index contributed by atoms with van der Waals surface area (Å²) in [6, 6.07) is 11.1. The summed E-state index contributed by atoms with van der Waals surface area (Å²) < 4.78 is 30.1. The van der Waals surface area contributed by atoms with E-state index in [-0.39, 0.29) is 17.2 Å². The van der Waals surface area contributed by atoms with Crippen LogP contribution in [0.5, 0.6) is 0 Å². The van der Waals surface area contributed by atoms with Gasteiger partial charge in [-0.1, -0.05) is 17.7 Å². The Morgan fingerprint density at radius 1 is 1.06 bits per heavy atom. The highest BCUT2D eigenvalue weighted by Gasteiger charge is 2.19. The quantitative estimate of drug-likeness (QED) is 0.396. The standard InChI is InChI=1S/C23H23ClN6O3S/c1-14-4-7-19(12-21(14)34(32,33)29-18-8-5-17(24)6-9-18)28-22(31)11-10-20-15(2)27-23-25-13-26-30(23)16(20)3/h4-9,12-13,29H,10-11H2,1-3H3,(H,28,31). The maximum absolute atomic E-state index is 12.9. The Balaban J connectivity index is 1.48. The Labute approximate surface area is 202 Å². The molecule has 2 aromatic carbocycles. The van der Waals surface area contributed by atoms with Crippen LogP contribution >= 0.6 is 11.6 Å². The second-order valence-electron chi connectivity index (χ2n) is 7.87. The molecule has 176 valence electrons. The predicted molar refractivity (Wildman–Crippen MR) is 131 cm³/mol. The molecule has 1 amide bonds. The molecule has 34 heavy (non-hydrogen) atoms. The summed E-state index contributed by atoms with van der Waals surface area (Å²) >= 11 is 5.87. The number of hydrogen-bond acceptors (Lipinski definition) is 6. The first-order chi connectivity index (χ1) is 16.1. The van der Waals surface area contributed by atoms with Crippen LogP contribution < -0.4 is 10.0 Å². The number of aromatic nitrogens is 4. The maximum atomic E-state index is 12.9. The van der Waals surface area contributed by atoms with Crippen LogP contribution in [0.2, 0.25) is 5.02 Å². The normalized spacial score (nSPS) is 11.5. The lowest BCUT2D eigenvalue weighted by Gasteiger charge is -2.13. The number of carbonyl (C=O) groups excluding carboxylic acids is 1. The molecule has 0 saturated carbocycles. The average Bonchev–Trinajstić information content (AvgIpc) is 3.25. The van der Waals surface area contributed by atoms with Crippen molar-refractivity contribution in [2.45, 2.75) is 38.5 Å². The molecule has 0 aliphatic rings. The molecule has 0 fully saturated rings. The largest absolute Gasteiger partial charge is 0.326 e. The molecule has 4 rings (SSSR count). The fourth-order valence-corrected chi connectivity index (χ4v) is 5.13. The Bertz CT molecular complexity index is 1480. The minimum Gasteiger partial charge on any atom is -0.326 e. The van der Waals surface area contributed by atoms with Crippen LogP contribution in [0.4, 0.5) is 11.4 Å². The van der Waals surface area contributed by atoms with Gasteiger partial charge in [0.1, 0.15) is 6.33 Å². The van der Waals surface area contributed by atoms with Crippen molar-refractivity contribution >= 4 is 44.7 Å². The van der Waals surface area contributed by atoms with Crippen molar-refractivity contribution in [1.29, 1.82) is 0 Å². The van der Waals surface area contributed by atoms with E-state index in [9.17, 15) is 13.2 Å². The highest BCUT2D eigenvalue weighted by atomic mass is 35.5. The fraction of sp³-hybridized carbons (Fsp3) is 0.217. The number of nitrogens with one attached hydrogen (secondary N) is 2. The first-order valence-corrected chi connectivity index (χ1v) is 12.3. The first kappa shape index (κ1) is 23.7. The van der Waals surface area contributed by atoms with E-state index in [0.717, 1.165) is 17.0 Å². The van der Waals surface area contributed by atoms with Crippen LogP contribution in [0.25, 0.3) is 5.78 Å².